The monoisotopic (exact) mass is 146 g/mol. The summed E-state index contributed by atoms with van der Waals surface area (Å²) in [4.78, 5) is 0. The lowest BCUT2D eigenvalue weighted by molar-refractivity contribution is 0.00205. The molecule has 2 aliphatic rings. The van der Waals surface area contributed by atoms with Gasteiger partial charge in [-0.25, -0.2) is 0 Å². The maximum Gasteiger partial charge on any atom is 0.114 e. The molecule has 4 nitrogen and oxygen atoms in total. The summed E-state index contributed by atoms with van der Waals surface area (Å²) in [6.07, 6.45) is -1.70. The molecular weight excluding hydrogens is 136 g/mol. The number of aliphatic hydroxyl groups is 2. The lowest BCUT2D eigenvalue weighted by Crippen LogP contribution is -2.30. The van der Waals surface area contributed by atoms with Crippen LogP contribution in [-0.2, 0) is 9.47 Å². The fraction of sp³-hybridized carbons (Fsp3) is 1.00. The molecule has 2 saturated heterocycles. The first-order chi connectivity index (χ1) is 4.79. The highest BCUT2D eigenvalue weighted by Gasteiger charge is 2.46. The highest BCUT2D eigenvalue weighted by molar-refractivity contribution is 4.93. The summed E-state index contributed by atoms with van der Waals surface area (Å²) < 4.78 is 10.2. The molecule has 0 aromatic rings. The highest BCUT2D eigenvalue weighted by atomic mass is 16.6. The second-order valence-corrected chi connectivity index (χ2v) is 2.73. The Bertz CT molecular complexity index is 122. The first-order valence-corrected chi connectivity index (χ1v) is 3.38. The van der Waals surface area contributed by atoms with Gasteiger partial charge in [-0.1, -0.05) is 0 Å². The minimum absolute atomic E-state index is 0.284. The number of ether oxygens (including phenoxy) is 2. The van der Waals surface area contributed by atoms with Crippen LogP contribution in [0.1, 0.15) is 0 Å². The van der Waals surface area contributed by atoms with Crippen molar-refractivity contribution in [3.63, 3.8) is 0 Å². The van der Waals surface area contributed by atoms with E-state index in [4.69, 9.17) is 19.7 Å². The van der Waals surface area contributed by atoms with E-state index >= 15 is 0 Å². The Morgan fingerprint density at radius 3 is 1.70 bits per heavy atom. The molecule has 2 heterocycles. The van der Waals surface area contributed by atoms with Crippen LogP contribution < -0.4 is 0 Å². The van der Waals surface area contributed by atoms with Gasteiger partial charge in [0.25, 0.3) is 0 Å². The molecular formula is C6H10O4. The van der Waals surface area contributed by atoms with Crippen molar-refractivity contribution in [3.8, 4) is 0 Å². The summed E-state index contributed by atoms with van der Waals surface area (Å²) in [5.41, 5.74) is 0. The topological polar surface area (TPSA) is 58.9 Å². The van der Waals surface area contributed by atoms with Gasteiger partial charge in [0.1, 0.15) is 24.4 Å². The van der Waals surface area contributed by atoms with Crippen LogP contribution >= 0.6 is 0 Å². The maximum absolute atomic E-state index is 9.16. The van der Waals surface area contributed by atoms with Gasteiger partial charge in [-0.2, -0.15) is 0 Å². The standard InChI is InChI=1S/C6H10O4/c7-3-1-9-6-4(8)2-10-5(3)6/h3-8H,1-2H2/t3-,4?,5+,6+/m1/s1. The Kier molecular flexibility index (Phi) is 1.42. The largest absolute Gasteiger partial charge is 0.388 e. The van der Waals surface area contributed by atoms with Crippen LogP contribution in [0.2, 0.25) is 0 Å². The van der Waals surface area contributed by atoms with E-state index in [9.17, 15) is 0 Å². The Hall–Kier alpha value is -0.160. The summed E-state index contributed by atoms with van der Waals surface area (Å²) >= 11 is 0. The van der Waals surface area contributed by atoms with Crippen molar-refractivity contribution in [2.45, 2.75) is 24.4 Å². The van der Waals surface area contributed by atoms with Crippen LogP contribution in [0.25, 0.3) is 0 Å². The quantitative estimate of drug-likeness (QED) is 0.437. The Balaban J connectivity index is 2.09. The molecule has 4 heteroatoms. The molecule has 2 aliphatic heterocycles. The smallest absolute Gasteiger partial charge is 0.114 e. The minimum atomic E-state index is -0.554. The van der Waals surface area contributed by atoms with E-state index in [-0.39, 0.29) is 25.4 Å². The van der Waals surface area contributed by atoms with Gasteiger partial charge in [0, 0.05) is 0 Å². The van der Waals surface area contributed by atoms with Gasteiger partial charge in [-0.05, 0) is 0 Å². The van der Waals surface area contributed by atoms with Crippen LogP contribution in [-0.4, -0.2) is 47.8 Å². The maximum atomic E-state index is 9.16. The van der Waals surface area contributed by atoms with Gasteiger partial charge in [0.2, 0.25) is 0 Å². The predicted octanol–water partition coefficient (Wildman–Crippen LogP) is -1.49. The number of aliphatic hydroxyl groups excluding tert-OH is 2. The van der Waals surface area contributed by atoms with Crippen LogP contribution in [0.3, 0.4) is 0 Å². The average molecular weight is 146 g/mol. The lowest BCUT2D eigenvalue weighted by Gasteiger charge is -2.09. The zero-order valence-corrected chi connectivity index (χ0v) is 5.43. The van der Waals surface area contributed by atoms with Crippen LogP contribution in [0.4, 0.5) is 0 Å². The zero-order chi connectivity index (χ0) is 7.14. The van der Waals surface area contributed by atoms with E-state index in [2.05, 4.69) is 0 Å². The Morgan fingerprint density at radius 1 is 0.900 bits per heavy atom. The molecule has 0 aromatic carbocycles. The predicted molar refractivity (Wildman–Crippen MR) is 31.5 cm³/mol. The molecule has 0 aromatic heterocycles. The van der Waals surface area contributed by atoms with Crippen molar-refractivity contribution < 1.29 is 19.7 Å². The van der Waals surface area contributed by atoms with Gasteiger partial charge in [0.05, 0.1) is 13.2 Å². The van der Waals surface area contributed by atoms with Gasteiger partial charge >= 0.3 is 0 Å². The van der Waals surface area contributed by atoms with Gasteiger partial charge < -0.3 is 19.7 Å². The zero-order valence-electron chi connectivity index (χ0n) is 5.43. The van der Waals surface area contributed by atoms with E-state index in [0.717, 1.165) is 0 Å². The van der Waals surface area contributed by atoms with E-state index in [1.807, 2.05) is 0 Å². The molecule has 0 bridgehead atoms. The van der Waals surface area contributed by atoms with Crippen molar-refractivity contribution in [1.82, 2.24) is 0 Å². The van der Waals surface area contributed by atoms with E-state index in [1.54, 1.807) is 0 Å². The number of hydrogen-bond donors (Lipinski definition) is 2. The summed E-state index contributed by atoms with van der Waals surface area (Å²) in [7, 11) is 0. The average Bonchev–Trinajstić information content (AvgIpc) is 2.41. The molecule has 10 heavy (non-hydrogen) atoms. The molecule has 4 atom stereocenters. The molecule has 0 amide bonds. The second-order valence-electron chi connectivity index (χ2n) is 2.73. The van der Waals surface area contributed by atoms with Crippen molar-refractivity contribution >= 4 is 0 Å². The van der Waals surface area contributed by atoms with Gasteiger partial charge in [-0.3, -0.25) is 0 Å². The molecule has 58 valence electrons. The SMILES string of the molecule is OC1CO[C@H]2[C@H](O)CO[C@@H]12. The lowest BCUT2D eigenvalue weighted by atomic mass is 10.1. The van der Waals surface area contributed by atoms with Crippen LogP contribution in [0.5, 0.6) is 0 Å². The molecule has 0 radical (unpaired) electrons. The fourth-order valence-electron chi connectivity index (χ4n) is 1.46. The summed E-state index contributed by atoms with van der Waals surface area (Å²) in [5, 5.41) is 18.3. The van der Waals surface area contributed by atoms with Crippen molar-refractivity contribution in [2.24, 2.45) is 0 Å². The van der Waals surface area contributed by atoms with E-state index in [0.29, 0.717) is 0 Å². The third-order valence-corrected chi connectivity index (χ3v) is 2.00. The summed E-state index contributed by atoms with van der Waals surface area (Å²) in [5.74, 6) is 0. The fourth-order valence-corrected chi connectivity index (χ4v) is 1.46. The highest BCUT2D eigenvalue weighted by Crippen LogP contribution is 2.26. The van der Waals surface area contributed by atoms with Gasteiger partial charge in [-0.15, -0.1) is 0 Å². The molecule has 2 rings (SSSR count). The number of fused-ring (bicyclic) bond motifs is 1. The summed E-state index contributed by atoms with van der Waals surface area (Å²) in [6, 6.07) is 0. The second kappa shape index (κ2) is 2.17. The van der Waals surface area contributed by atoms with E-state index < -0.39 is 12.2 Å². The normalized spacial score (nSPS) is 53.4. The first kappa shape index (κ1) is 6.54. The molecule has 2 N–H and O–H groups in total. The minimum Gasteiger partial charge on any atom is -0.388 e. The Labute approximate surface area is 58.4 Å². The Morgan fingerprint density at radius 2 is 1.30 bits per heavy atom. The van der Waals surface area contributed by atoms with Crippen LogP contribution in [0, 0.1) is 0 Å². The third-order valence-electron chi connectivity index (χ3n) is 2.00. The number of rotatable bonds is 0. The van der Waals surface area contributed by atoms with Gasteiger partial charge in [0.15, 0.2) is 0 Å². The molecule has 0 aliphatic carbocycles. The number of hydrogen-bond acceptors (Lipinski definition) is 4. The van der Waals surface area contributed by atoms with E-state index in [1.165, 1.54) is 0 Å². The third kappa shape index (κ3) is 0.769. The molecule has 2 fully saturated rings. The first-order valence-electron chi connectivity index (χ1n) is 3.38. The van der Waals surface area contributed by atoms with Crippen LogP contribution in [0.15, 0.2) is 0 Å². The molecule has 1 unspecified atom stereocenters. The molecule has 0 saturated carbocycles. The summed E-state index contributed by atoms with van der Waals surface area (Å²) in [6.45, 7) is 0.568. The van der Waals surface area contributed by atoms with Crippen molar-refractivity contribution in [3.05, 3.63) is 0 Å². The molecule has 0 spiro atoms. The van der Waals surface area contributed by atoms with Crippen molar-refractivity contribution in [2.75, 3.05) is 13.2 Å². The van der Waals surface area contributed by atoms with Crippen molar-refractivity contribution in [1.29, 1.82) is 0 Å².